The molecule has 2 heterocycles. The van der Waals surface area contributed by atoms with E-state index in [1.165, 1.54) is 31.4 Å². The normalized spacial score (nSPS) is 15.2. The van der Waals surface area contributed by atoms with Crippen LogP contribution >= 0.6 is 27.5 Å². The van der Waals surface area contributed by atoms with E-state index in [2.05, 4.69) is 42.8 Å². The number of likely N-dealkylation sites (tertiary alicyclic amines) is 1. The number of carboxylic acid groups (broad SMARTS) is 1. The number of halogens is 2. The molecule has 11 heteroatoms. The van der Waals surface area contributed by atoms with E-state index in [4.69, 9.17) is 4.74 Å². The highest BCUT2D eigenvalue weighted by atomic mass is 79.9. The molecule has 8 nitrogen and oxygen atoms in total. The zero-order valence-corrected chi connectivity index (χ0v) is 20.1. The topological polar surface area (TPSA) is 104 Å². The highest BCUT2D eigenvalue weighted by Crippen LogP contribution is 2.31. The van der Waals surface area contributed by atoms with E-state index in [-0.39, 0.29) is 34.5 Å². The van der Waals surface area contributed by atoms with Crippen molar-refractivity contribution in [2.45, 2.75) is 32.8 Å². The molecule has 2 aromatic rings. The number of carbonyl (C=O) groups is 2. The number of piperidine rings is 1. The van der Waals surface area contributed by atoms with Gasteiger partial charge in [-0.15, -0.1) is 0 Å². The number of urea groups is 1. The summed E-state index contributed by atoms with van der Waals surface area (Å²) in [6.45, 7) is 5.43. The molecule has 1 fully saturated rings. The zero-order chi connectivity index (χ0) is 23.1. The molecule has 3 N–H and O–H groups in total. The lowest BCUT2D eigenvalue weighted by Crippen LogP contribution is -2.39. The van der Waals surface area contributed by atoms with E-state index in [1.807, 2.05) is 0 Å². The van der Waals surface area contributed by atoms with Crippen LogP contribution in [0, 0.1) is 11.7 Å². The fourth-order valence-corrected chi connectivity index (χ4v) is 4.55. The Hall–Kier alpha value is -2.24. The quantitative estimate of drug-likeness (QED) is 0.440. The lowest BCUT2D eigenvalue weighted by Gasteiger charge is -2.29. The number of anilines is 1. The number of carbonyl (C=O) groups excluding carboxylic acids is 1. The summed E-state index contributed by atoms with van der Waals surface area (Å²) >= 11 is 3.98. The molecule has 1 aromatic carbocycles. The molecule has 2 amide bonds. The molecule has 1 saturated heterocycles. The van der Waals surface area contributed by atoms with Crippen LogP contribution in [-0.4, -0.2) is 52.6 Å². The van der Waals surface area contributed by atoms with Gasteiger partial charge in [-0.25, -0.2) is 14.0 Å². The number of hydrogen-bond donors (Lipinski definition) is 3. The van der Waals surface area contributed by atoms with Gasteiger partial charge < -0.3 is 20.1 Å². The Bertz CT molecular complexity index is 952. The van der Waals surface area contributed by atoms with Gasteiger partial charge in [0.05, 0.1) is 0 Å². The molecule has 1 aromatic heterocycles. The first kappa shape index (κ1) is 24.4. The lowest BCUT2D eigenvalue weighted by molar-refractivity contribution is 0.0693. The molecule has 1 aliphatic heterocycles. The maximum Gasteiger partial charge on any atom is 0.344 e. The van der Waals surface area contributed by atoms with Crippen LogP contribution in [0.25, 0.3) is 0 Å². The minimum atomic E-state index is -1.29. The first-order valence-electron chi connectivity index (χ1n) is 10.4. The van der Waals surface area contributed by atoms with Crippen molar-refractivity contribution in [3.05, 3.63) is 39.6 Å². The molecule has 174 valence electrons. The number of rotatable bonds is 9. The Morgan fingerprint density at radius 1 is 1.34 bits per heavy atom. The molecule has 0 saturated carbocycles. The van der Waals surface area contributed by atoms with Gasteiger partial charge in [0.2, 0.25) is 5.88 Å². The maximum atomic E-state index is 14.0. The van der Waals surface area contributed by atoms with Gasteiger partial charge in [-0.3, -0.25) is 5.32 Å². The third kappa shape index (κ3) is 6.88. The standard InChI is InChI=1S/C21H26BrFN4O4S/c1-13(11-27-7-3-2-4-8-27)10-24-21(30)25-19-17(20(28)29)18(26-32-19)31-12-14-5-6-15(22)9-16(14)23/h5-6,9,13H,2-4,7-8,10-12H2,1H3,(H,28,29)(H2,24,25,30). The second-order valence-corrected chi connectivity index (χ2v) is 9.51. The number of aromatic carboxylic acids is 1. The molecular formula is C21H26BrFN4O4S. The number of nitrogens with zero attached hydrogens (tertiary/aromatic N) is 2. The monoisotopic (exact) mass is 528 g/mol. The van der Waals surface area contributed by atoms with E-state index >= 15 is 0 Å². The summed E-state index contributed by atoms with van der Waals surface area (Å²) in [4.78, 5) is 26.4. The van der Waals surface area contributed by atoms with Crippen LogP contribution in [0.4, 0.5) is 14.2 Å². The van der Waals surface area contributed by atoms with E-state index in [1.54, 1.807) is 6.07 Å². The number of benzene rings is 1. The van der Waals surface area contributed by atoms with Crippen molar-refractivity contribution < 1.29 is 23.8 Å². The largest absolute Gasteiger partial charge is 0.477 e. The van der Waals surface area contributed by atoms with Gasteiger partial charge in [0.15, 0.2) is 5.56 Å². The van der Waals surface area contributed by atoms with Crippen LogP contribution < -0.4 is 15.4 Å². The molecule has 0 bridgehead atoms. The summed E-state index contributed by atoms with van der Waals surface area (Å²) in [6.07, 6.45) is 3.70. The number of amides is 2. The summed E-state index contributed by atoms with van der Waals surface area (Å²) in [5.41, 5.74) is -0.00322. The zero-order valence-electron chi connectivity index (χ0n) is 17.7. The van der Waals surface area contributed by atoms with Crippen molar-refractivity contribution in [3.8, 4) is 5.88 Å². The Kier molecular flexibility index (Phi) is 8.83. The average molecular weight is 529 g/mol. The summed E-state index contributed by atoms with van der Waals surface area (Å²) in [5.74, 6) is -1.68. The van der Waals surface area contributed by atoms with Crippen LogP contribution in [0.2, 0.25) is 0 Å². The van der Waals surface area contributed by atoms with E-state index < -0.39 is 17.8 Å². The summed E-state index contributed by atoms with van der Waals surface area (Å²) in [6, 6.07) is 3.97. The first-order chi connectivity index (χ1) is 15.3. The highest BCUT2D eigenvalue weighted by Gasteiger charge is 2.24. The van der Waals surface area contributed by atoms with Crippen LogP contribution in [0.1, 0.15) is 42.1 Å². The summed E-state index contributed by atoms with van der Waals surface area (Å²) < 4.78 is 24.0. The van der Waals surface area contributed by atoms with Gasteiger partial charge >= 0.3 is 12.0 Å². The number of hydrogen-bond acceptors (Lipinski definition) is 6. The third-order valence-electron chi connectivity index (χ3n) is 5.11. The molecule has 0 spiro atoms. The van der Waals surface area contributed by atoms with Crippen molar-refractivity contribution in [2.24, 2.45) is 5.92 Å². The summed E-state index contributed by atoms with van der Waals surface area (Å²) in [5, 5.41) is 14.9. The van der Waals surface area contributed by atoms with Crippen molar-refractivity contribution in [3.63, 3.8) is 0 Å². The van der Waals surface area contributed by atoms with Gasteiger partial charge in [0.1, 0.15) is 17.4 Å². The van der Waals surface area contributed by atoms with E-state index in [0.29, 0.717) is 11.0 Å². The van der Waals surface area contributed by atoms with E-state index in [0.717, 1.165) is 31.2 Å². The molecule has 0 aliphatic carbocycles. The Morgan fingerprint density at radius 3 is 2.78 bits per heavy atom. The van der Waals surface area contributed by atoms with Crippen molar-refractivity contribution in [1.29, 1.82) is 0 Å². The van der Waals surface area contributed by atoms with Gasteiger partial charge in [0.25, 0.3) is 0 Å². The van der Waals surface area contributed by atoms with Crippen molar-refractivity contribution in [1.82, 2.24) is 14.6 Å². The second kappa shape index (κ2) is 11.6. The molecule has 1 unspecified atom stereocenters. The smallest absolute Gasteiger partial charge is 0.344 e. The van der Waals surface area contributed by atoms with Crippen LogP contribution in [0.3, 0.4) is 0 Å². The second-order valence-electron chi connectivity index (χ2n) is 7.82. The van der Waals surface area contributed by atoms with Crippen LogP contribution in [-0.2, 0) is 6.61 Å². The Balaban J connectivity index is 1.54. The van der Waals surface area contributed by atoms with Crippen molar-refractivity contribution >= 4 is 44.5 Å². The van der Waals surface area contributed by atoms with Gasteiger partial charge in [-0.1, -0.05) is 35.3 Å². The molecular weight excluding hydrogens is 503 g/mol. The lowest BCUT2D eigenvalue weighted by atomic mass is 10.1. The number of ether oxygens (including phenoxy) is 1. The molecule has 1 aliphatic rings. The number of carboxylic acids is 1. The molecule has 1 atom stereocenters. The highest BCUT2D eigenvalue weighted by molar-refractivity contribution is 9.10. The third-order valence-corrected chi connectivity index (χ3v) is 6.35. The Labute approximate surface area is 198 Å². The molecule has 0 radical (unpaired) electrons. The van der Waals surface area contributed by atoms with Gasteiger partial charge in [0, 0.05) is 23.1 Å². The number of nitrogens with one attached hydrogen (secondary N) is 2. The van der Waals surface area contributed by atoms with E-state index in [9.17, 15) is 19.1 Å². The molecule has 32 heavy (non-hydrogen) atoms. The first-order valence-corrected chi connectivity index (χ1v) is 12.0. The van der Waals surface area contributed by atoms with Gasteiger partial charge in [-0.05, 0) is 55.5 Å². The van der Waals surface area contributed by atoms with Crippen molar-refractivity contribution in [2.75, 3.05) is 31.5 Å². The van der Waals surface area contributed by atoms with Crippen LogP contribution in [0.5, 0.6) is 5.88 Å². The Morgan fingerprint density at radius 2 is 2.09 bits per heavy atom. The SMILES string of the molecule is CC(CNC(=O)Nc1snc(OCc2ccc(Br)cc2F)c1C(=O)O)CN1CCCCC1. The summed E-state index contributed by atoms with van der Waals surface area (Å²) in [7, 11) is 0. The molecule has 3 rings (SSSR count). The van der Waals surface area contributed by atoms with Crippen LogP contribution in [0.15, 0.2) is 22.7 Å². The minimum Gasteiger partial charge on any atom is -0.477 e. The predicted molar refractivity (Wildman–Crippen MR) is 124 cm³/mol. The number of aromatic nitrogens is 1. The predicted octanol–water partition coefficient (Wildman–Crippen LogP) is 4.57. The fourth-order valence-electron chi connectivity index (χ4n) is 3.49. The maximum absolute atomic E-state index is 14.0. The van der Waals surface area contributed by atoms with Gasteiger partial charge in [-0.2, -0.15) is 4.37 Å². The minimum absolute atomic E-state index is 0.0601. The average Bonchev–Trinajstić information content (AvgIpc) is 3.15. The fraction of sp³-hybridized carbons (Fsp3) is 0.476.